The van der Waals surface area contributed by atoms with E-state index in [1.807, 2.05) is 29.6 Å². The summed E-state index contributed by atoms with van der Waals surface area (Å²) in [5.41, 5.74) is 1.80. The van der Waals surface area contributed by atoms with Crippen molar-refractivity contribution in [2.45, 2.75) is 0 Å². The van der Waals surface area contributed by atoms with Gasteiger partial charge in [0.25, 0.3) is 0 Å². The second kappa shape index (κ2) is 4.35. The van der Waals surface area contributed by atoms with Crippen molar-refractivity contribution in [3.63, 3.8) is 0 Å². The number of carbonyl (C=O) groups is 1. The quantitative estimate of drug-likeness (QED) is 0.616. The topological polar surface area (TPSA) is 17.1 Å². The lowest BCUT2D eigenvalue weighted by molar-refractivity contribution is 0.112. The number of aldehydes is 1. The van der Waals surface area contributed by atoms with E-state index < -0.39 is 0 Å². The Morgan fingerprint density at radius 2 is 1.94 bits per heavy atom. The summed E-state index contributed by atoms with van der Waals surface area (Å²) in [6.07, 6.45) is 0.734. The third-order valence-electron chi connectivity index (χ3n) is 2.90. The van der Waals surface area contributed by atoms with Gasteiger partial charge in [-0.05, 0) is 35.0 Å². The molecule has 0 aliphatic rings. The molecule has 0 atom stereocenters. The zero-order valence-corrected chi connectivity index (χ0v) is 10.2. The second-order valence-corrected chi connectivity index (χ2v) is 4.92. The van der Waals surface area contributed by atoms with Gasteiger partial charge >= 0.3 is 0 Å². The molecule has 2 aromatic carbocycles. The first-order valence-corrected chi connectivity index (χ1v) is 6.39. The van der Waals surface area contributed by atoms with Crippen LogP contribution in [0.5, 0.6) is 0 Å². The Bertz CT molecular complexity index is 730. The van der Waals surface area contributed by atoms with Gasteiger partial charge in [-0.2, -0.15) is 0 Å². The van der Waals surface area contributed by atoms with E-state index >= 15 is 0 Å². The summed E-state index contributed by atoms with van der Waals surface area (Å²) in [5, 5.41) is 3.07. The van der Waals surface area contributed by atoms with Gasteiger partial charge in [0, 0.05) is 21.4 Å². The molecule has 0 aliphatic heterocycles. The van der Waals surface area contributed by atoms with Gasteiger partial charge in [0.1, 0.15) is 12.1 Å². The van der Waals surface area contributed by atoms with Gasteiger partial charge in [0.15, 0.2) is 0 Å². The number of rotatable bonds is 2. The van der Waals surface area contributed by atoms with Gasteiger partial charge in [-0.3, -0.25) is 4.79 Å². The molecule has 88 valence electrons. The molecule has 1 aromatic heterocycles. The van der Waals surface area contributed by atoms with Gasteiger partial charge in [0.05, 0.1) is 0 Å². The van der Waals surface area contributed by atoms with Crippen LogP contribution in [0.1, 0.15) is 10.4 Å². The molecule has 0 aliphatic carbocycles. The van der Waals surface area contributed by atoms with Crippen molar-refractivity contribution in [2.24, 2.45) is 0 Å². The first-order valence-electron chi connectivity index (χ1n) is 5.51. The minimum atomic E-state index is -0.304. The molecule has 0 saturated heterocycles. The van der Waals surface area contributed by atoms with Crippen LogP contribution >= 0.6 is 11.3 Å². The molecule has 0 fully saturated rings. The molecule has 0 N–H and O–H groups in total. The third kappa shape index (κ3) is 1.73. The van der Waals surface area contributed by atoms with Gasteiger partial charge in [0.2, 0.25) is 0 Å². The van der Waals surface area contributed by atoms with Crippen molar-refractivity contribution >= 4 is 27.7 Å². The number of benzene rings is 2. The maximum Gasteiger partial charge on any atom is 0.150 e. The van der Waals surface area contributed by atoms with E-state index in [-0.39, 0.29) is 5.82 Å². The van der Waals surface area contributed by atoms with Crippen molar-refractivity contribution in [1.29, 1.82) is 0 Å². The summed E-state index contributed by atoms with van der Waals surface area (Å²) in [6.45, 7) is 0. The molecule has 0 bridgehead atoms. The number of halogens is 1. The van der Waals surface area contributed by atoms with E-state index in [9.17, 15) is 9.18 Å². The fraction of sp³-hybridized carbons (Fsp3) is 0. The number of hydrogen-bond acceptors (Lipinski definition) is 2. The molecule has 1 heterocycles. The molecule has 3 heteroatoms. The van der Waals surface area contributed by atoms with E-state index in [1.54, 1.807) is 17.4 Å². The van der Waals surface area contributed by atoms with Crippen LogP contribution in [0.25, 0.3) is 21.2 Å². The van der Waals surface area contributed by atoms with E-state index in [0.29, 0.717) is 11.1 Å². The normalized spacial score (nSPS) is 10.7. The van der Waals surface area contributed by atoms with Crippen molar-refractivity contribution in [1.82, 2.24) is 0 Å². The highest BCUT2D eigenvalue weighted by molar-refractivity contribution is 7.17. The van der Waals surface area contributed by atoms with Crippen LogP contribution in [0.3, 0.4) is 0 Å². The number of fused-ring (bicyclic) bond motifs is 1. The Morgan fingerprint density at radius 3 is 2.78 bits per heavy atom. The van der Waals surface area contributed by atoms with Crippen LogP contribution in [0, 0.1) is 5.82 Å². The maximum atomic E-state index is 13.9. The Hall–Kier alpha value is -2.00. The minimum Gasteiger partial charge on any atom is -0.298 e. The van der Waals surface area contributed by atoms with Crippen LogP contribution in [0.15, 0.2) is 47.8 Å². The average molecular weight is 256 g/mol. The Balaban J connectivity index is 2.31. The maximum absolute atomic E-state index is 13.9. The first-order chi connectivity index (χ1) is 8.79. The summed E-state index contributed by atoms with van der Waals surface area (Å²) in [6, 6.07) is 12.2. The van der Waals surface area contributed by atoms with Gasteiger partial charge in [-0.1, -0.05) is 18.2 Å². The summed E-state index contributed by atoms with van der Waals surface area (Å²) in [4.78, 5) is 10.8. The number of hydrogen-bond donors (Lipinski definition) is 0. The summed E-state index contributed by atoms with van der Waals surface area (Å²) >= 11 is 1.58. The Morgan fingerprint density at radius 1 is 1.06 bits per heavy atom. The molecule has 1 nitrogen and oxygen atoms in total. The van der Waals surface area contributed by atoms with E-state index in [0.717, 1.165) is 21.9 Å². The number of carbonyl (C=O) groups excluding carboxylic acids is 1. The molecule has 0 saturated carbocycles. The highest BCUT2D eigenvalue weighted by Gasteiger charge is 2.10. The third-order valence-corrected chi connectivity index (χ3v) is 3.86. The largest absolute Gasteiger partial charge is 0.298 e. The highest BCUT2D eigenvalue weighted by atomic mass is 32.1. The van der Waals surface area contributed by atoms with Crippen molar-refractivity contribution in [3.05, 3.63) is 59.2 Å². The van der Waals surface area contributed by atoms with E-state index in [1.165, 1.54) is 12.1 Å². The molecule has 3 rings (SSSR count). The molecule has 3 aromatic rings. The lowest BCUT2D eigenvalue weighted by atomic mass is 10.0. The summed E-state index contributed by atoms with van der Waals surface area (Å²) in [5.74, 6) is -0.304. The molecule has 0 amide bonds. The average Bonchev–Trinajstić information content (AvgIpc) is 2.87. The zero-order valence-electron chi connectivity index (χ0n) is 9.39. The Kier molecular flexibility index (Phi) is 2.68. The van der Waals surface area contributed by atoms with Crippen molar-refractivity contribution in [2.75, 3.05) is 0 Å². The van der Waals surface area contributed by atoms with Crippen molar-refractivity contribution in [3.8, 4) is 11.1 Å². The smallest absolute Gasteiger partial charge is 0.150 e. The SMILES string of the molecule is O=Cc1ccc(F)c(-c2cccc3ccsc23)c1. The van der Waals surface area contributed by atoms with Crippen LogP contribution in [0.4, 0.5) is 4.39 Å². The van der Waals surface area contributed by atoms with Gasteiger partial charge < -0.3 is 0 Å². The lowest BCUT2D eigenvalue weighted by Gasteiger charge is -2.05. The zero-order chi connectivity index (χ0) is 12.5. The number of thiophene rings is 1. The lowest BCUT2D eigenvalue weighted by Crippen LogP contribution is -1.88. The van der Waals surface area contributed by atoms with Crippen LogP contribution < -0.4 is 0 Å². The standard InChI is InChI=1S/C15H9FOS/c16-14-5-4-10(9-17)8-13(14)12-3-1-2-11-6-7-18-15(11)12/h1-9H. The molecular formula is C15H9FOS. The molecular weight excluding hydrogens is 247 g/mol. The predicted molar refractivity (Wildman–Crippen MR) is 72.6 cm³/mol. The van der Waals surface area contributed by atoms with Crippen LogP contribution in [-0.4, -0.2) is 6.29 Å². The molecule has 0 radical (unpaired) electrons. The van der Waals surface area contributed by atoms with Crippen LogP contribution in [0.2, 0.25) is 0 Å². The predicted octanol–water partition coefficient (Wildman–Crippen LogP) is 4.52. The molecule has 0 spiro atoms. The minimum absolute atomic E-state index is 0.304. The Labute approximate surface area is 108 Å². The fourth-order valence-electron chi connectivity index (χ4n) is 2.03. The molecule has 18 heavy (non-hydrogen) atoms. The fourth-order valence-corrected chi connectivity index (χ4v) is 2.96. The van der Waals surface area contributed by atoms with E-state index in [4.69, 9.17) is 0 Å². The van der Waals surface area contributed by atoms with Gasteiger partial charge in [-0.25, -0.2) is 4.39 Å². The monoisotopic (exact) mass is 256 g/mol. The van der Waals surface area contributed by atoms with E-state index in [2.05, 4.69) is 0 Å². The second-order valence-electron chi connectivity index (χ2n) is 4.00. The first kappa shape index (κ1) is 11.1. The molecule has 0 unspecified atom stereocenters. The summed E-state index contributed by atoms with van der Waals surface area (Å²) < 4.78 is 15.0. The van der Waals surface area contributed by atoms with Crippen molar-refractivity contribution < 1.29 is 9.18 Å². The highest BCUT2D eigenvalue weighted by Crippen LogP contribution is 2.34. The summed E-state index contributed by atoms with van der Waals surface area (Å²) in [7, 11) is 0. The van der Waals surface area contributed by atoms with Gasteiger partial charge in [-0.15, -0.1) is 11.3 Å². The van der Waals surface area contributed by atoms with Crippen LogP contribution in [-0.2, 0) is 0 Å².